The zero-order valence-electron chi connectivity index (χ0n) is 12.8. The number of aryl methyl sites for hydroxylation is 2. The second kappa shape index (κ2) is 7.80. The first-order valence-electron chi connectivity index (χ1n) is 7.04. The van der Waals surface area contributed by atoms with Crippen LogP contribution < -0.4 is 0 Å². The van der Waals surface area contributed by atoms with E-state index in [4.69, 9.17) is 13.3 Å². The highest BCUT2D eigenvalue weighted by molar-refractivity contribution is 6.60. The van der Waals surface area contributed by atoms with E-state index in [0.717, 1.165) is 6.04 Å². The maximum absolute atomic E-state index is 5.90. The standard InChI is InChI=1S/C15H26O3Si/c1-6-16-19(17-7-2,18-8-3)12-15-11-13(4)9-10-14(15)5/h9-11H,6-8,12H2,1-5H3. The van der Waals surface area contributed by atoms with E-state index in [9.17, 15) is 0 Å². The third-order valence-electron chi connectivity index (χ3n) is 3.00. The summed E-state index contributed by atoms with van der Waals surface area (Å²) in [6, 6.07) is 7.22. The minimum Gasteiger partial charge on any atom is -0.374 e. The molecule has 0 aromatic heterocycles. The molecule has 1 aromatic rings. The van der Waals surface area contributed by atoms with Crippen LogP contribution in [-0.4, -0.2) is 28.6 Å². The Morgan fingerprint density at radius 3 is 1.89 bits per heavy atom. The van der Waals surface area contributed by atoms with Gasteiger partial charge in [-0.15, -0.1) is 0 Å². The molecular formula is C15H26O3Si. The number of rotatable bonds is 8. The van der Waals surface area contributed by atoms with E-state index in [1.54, 1.807) is 0 Å². The van der Waals surface area contributed by atoms with Gasteiger partial charge in [-0.05, 0) is 45.7 Å². The molecule has 1 aromatic carbocycles. The van der Waals surface area contributed by atoms with Crippen molar-refractivity contribution in [3.05, 3.63) is 34.9 Å². The molecule has 0 saturated carbocycles. The molecule has 0 aliphatic heterocycles. The van der Waals surface area contributed by atoms with Gasteiger partial charge in [0, 0.05) is 25.9 Å². The molecule has 0 aliphatic rings. The highest BCUT2D eigenvalue weighted by Gasteiger charge is 2.40. The van der Waals surface area contributed by atoms with E-state index in [0.29, 0.717) is 19.8 Å². The maximum Gasteiger partial charge on any atom is 0.505 e. The van der Waals surface area contributed by atoms with Gasteiger partial charge in [0.15, 0.2) is 0 Å². The van der Waals surface area contributed by atoms with Gasteiger partial charge in [-0.25, -0.2) is 0 Å². The maximum atomic E-state index is 5.90. The van der Waals surface area contributed by atoms with Crippen molar-refractivity contribution in [3.8, 4) is 0 Å². The molecular weight excluding hydrogens is 256 g/mol. The molecule has 0 spiro atoms. The van der Waals surface area contributed by atoms with Crippen LogP contribution in [0.2, 0.25) is 0 Å². The van der Waals surface area contributed by atoms with E-state index < -0.39 is 8.80 Å². The molecule has 1 rings (SSSR count). The molecule has 0 bridgehead atoms. The first-order valence-corrected chi connectivity index (χ1v) is 8.98. The molecule has 0 saturated heterocycles. The van der Waals surface area contributed by atoms with Crippen molar-refractivity contribution in [2.75, 3.05) is 19.8 Å². The van der Waals surface area contributed by atoms with E-state index in [-0.39, 0.29) is 0 Å². The van der Waals surface area contributed by atoms with Crippen molar-refractivity contribution in [1.82, 2.24) is 0 Å². The number of hydrogen-bond donors (Lipinski definition) is 0. The Bertz CT molecular complexity index is 376. The number of benzene rings is 1. The summed E-state index contributed by atoms with van der Waals surface area (Å²) in [5.74, 6) is 0. The molecule has 0 aliphatic carbocycles. The Morgan fingerprint density at radius 1 is 0.895 bits per heavy atom. The molecule has 19 heavy (non-hydrogen) atoms. The molecule has 0 amide bonds. The van der Waals surface area contributed by atoms with Crippen LogP contribution in [0.25, 0.3) is 0 Å². The fraction of sp³-hybridized carbons (Fsp3) is 0.600. The summed E-state index contributed by atoms with van der Waals surface area (Å²) in [6.45, 7) is 12.1. The molecule has 0 N–H and O–H groups in total. The van der Waals surface area contributed by atoms with Crippen LogP contribution in [0.1, 0.15) is 37.5 Å². The second-order valence-electron chi connectivity index (χ2n) is 4.59. The third-order valence-corrected chi connectivity index (χ3v) is 6.00. The predicted octanol–water partition coefficient (Wildman–Crippen LogP) is 3.43. The summed E-state index contributed by atoms with van der Waals surface area (Å²) in [4.78, 5) is 0. The lowest BCUT2D eigenvalue weighted by molar-refractivity contribution is 0.0703. The largest absolute Gasteiger partial charge is 0.505 e. The van der Waals surface area contributed by atoms with Gasteiger partial charge >= 0.3 is 8.80 Å². The van der Waals surface area contributed by atoms with Gasteiger partial charge in [-0.3, -0.25) is 0 Å². The van der Waals surface area contributed by atoms with Crippen LogP contribution in [0.4, 0.5) is 0 Å². The third kappa shape index (κ3) is 4.73. The lowest BCUT2D eigenvalue weighted by atomic mass is 10.1. The van der Waals surface area contributed by atoms with E-state index in [1.165, 1.54) is 16.7 Å². The van der Waals surface area contributed by atoms with Gasteiger partial charge in [-0.2, -0.15) is 0 Å². The average Bonchev–Trinajstić information content (AvgIpc) is 2.35. The van der Waals surface area contributed by atoms with Crippen LogP contribution in [-0.2, 0) is 19.3 Å². The molecule has 4 heteroatoms. The van der Waals surface area contributed by atoms with Crippen LogP contribution in [0, 0.1) is 13.8 Å². The van der Waals surface area contributed by atoms with Gasteiger partial charge in [-0.1, -0.05) is 23.8 Å². The Hall–Kier alpha value is -0.683. The van der Waals surface area contributed by atoms with Crippen LogP contribution in [0.3, 0.4) is 0 Å². The lowest BCUT2D eigenvalue weighted by Gasteiger charge is -2.29. The molecule has 0 atom stereocenters. The molecule has 0 radical (unpaired) electrons. The zero-order chi connectivity index (χ0) is 14.3. The molecule has 0 heterocycles. The minimum atomic E-state index is -2.59. The minimum absolute atomic E-state index is 0.622. The first-order chi connectivity index (χ1) is 9.06. The summed E-state index contributed by atoms with van der Waals surface area (Å²) in [6.07, 6.45) is 0. The fourth-order valence-corrected chi connectivity index (χ4v) is 4.88. The molecule has 0 fully saturated rings. The zero-order valence-corrected chi connectivity index (χ0v) is 13.8. The predicted molar refractivity (Wildman–Crippen MR) is 80.3 cm³/mol. The average molecular weight is 282 g/mol. The van der Waals surface area contributed by atoms with Gasteiger partial charge in [0.25, 0.3) is 0 Å². The van der Waals surface area contributed by atoms with Crippen molar-refractivity contribution in [3.63, 3.8) is 0 Å². The summed E-state index contributed by atoms with van der Waals surface area (Å²) < 4.78 is 17.7. The highest BCUT2D eigenvalue weighted by atomic mass is 28.4. The van der Waals surface area contributed by atoms with E-state index in [1.807, 2.05) is 20.8 Å². The summed E-state index contributed by atoms with van der Waals surface area (Å²) in [5.41, 5.74) is 3.79. The summed E-state index contributed by atoms with van der Waals surface area (Å²) in [5, 5.41) is 0. The van der Waals surface area contributed by atoms with Crippen LogP contribution in [0.5, 0.6) is 0 Å². The molecule has 3 nitrogen and oxygen atoms in total. The first kappa shape index (κ1) is 16.4. The normalized spacial score (nSPS) is 11.8. The Kier molecular flexibility index (Phi) is 6.72. The smallest absolute Gasteiger partial charge is 0.374 e. The van der Waals surface area contributed by atoms with Crippen LogP contribution in [0.15, 0.2) is 18.2 Å². The van der Waals surface area contributed by atoms with E-state index >= 15 is 0 Å². The van der Waals surface area contributed by atoms with Gasteiger partial charge in [0.2, 0.25) is 0 Å². The lowest BCUT2D eigenvalue weighted by Crippen LogP contribution is -2.48. The van der Waals surface area contributed by atoms with Crippen molar-refractivity contribution in [1.29, 1.82) is 0 Å². The quantitative estimate of drug-likeness (QED) is 0.684. The summed E-state index contributed by atoms with van der Waals surface area (Å²) >= 11 is 0. The van der Waals surface area contributed by atoms with Gasteiger partial charge in [0.1, 0.15) is 0 Å². The monoisotopic (exact) mass is 282 g/mol. The van der Waals surface area contributed by atoms with E-state index in [2.05, 4.69) is 32.0 Å². The Morgan fingerprint density at radius 2 is 1.42 bits per heavy atom. The SMILES string of the molecule is CCO[Si](Cc1cc(C)ccc1C)(OCC)OCC. The van der Waals surface area contributed by atoms with Gasteiger partial charge < -0.3 is 13.3 Å². The fourth-order valence-electron chi connectivity index (χ4n) is 2.16. The Balaban J connectivity index is 3.00. The van der Waals surface area contributed by atoms with Crippen molar-refractivity contribution in [2.45, 2.75) is 40.7 Å². The van der Waals surface area contributed by atoms with Crippen LogP contribution >= 0.6 is 0 Å². The van der Waals surface area contributed by atoms with Crippen molar-refractivity contribution in [2.24, 2.45) is 0 Å². The molecule has 108 valence electrons. The molecule has 0 unspecified atom stereocenters. The number of hydrogen-bond acceptors (Lipinski definition) is 3. The topological polar surface area (TPSA) is 27.7 Å². The van der Waals surface area contributed by atoms with Crippen molar-refractivity contribution < 1.29 is 13.3 Å². The van der Waals surface area contributed by atoms with Crippen molar-refractivity contribution >= 4 is 8.80 Å². The summed E-state index contributed by atoms with van der Waals surface area (Å²) in [7, 11) is -2.59. The van der Waals surface area contributed by atoms with Gasteiger partial charge in [0.05, 0.1) is 0 Å². The Labute approximate surface area is 118 Å². The second-order valence-corrected chi connectivity index (χ2v) is 7.17. The highest BCUT2D eigenvalue weighted by Crippen LogP contribution is 2.20.